The van der Waals surface area contributed by atoms with Gasteiger partial charge in [-0.1, -0.05) is 30.3 Å². The van der Waals surface area contributed by atoms with E-state index in [4.69, 9.17) is 11.6 Å². The number of benzene rings is 1. The van der Waals surface area contributed by atoms with E-state index in [1.54, 1.807) is 6.92 Å². The van der Waals surface area contributed by atoms with Crippen molar-refractivity contribution in [2.75, 3.05) is 19.6 Å². The van der Waals surface area contributed by atoms with Crippen molar-refractivity contribution in [2.24, 2.45) is 5.92 Å². The molecule has 2 aliphatic heterocycles. The van der Waals surface area contributed by atoms with Crippen LogP contribution in [0.15, 0.2) is 30.3 Å². The second kappa shape index (κ2) is 7.67. The number of piperidine rings is 1. The fourth-order valence-electron chi connectivity index (χ4n) is 4.18. The van der Waals surface area contributed by atoms with E-state index < -0.39 is 5.38 Å². The number of nitrogens with zero attached hydrogens (tertiary/aromatic N) is 2. The maximum absolute atomic E-state index is 12.4. The third kappa shape index (κ3) is 4.07. The Balaban J connectivity index is 1.62. The molecule has 2 aliphatic rings. The van der Waals surface area contributed by atoms with Gasteiger partial charge >= 0.3 is 0 Å². The Morgan fingerprint density at radius 3 is 2.70 bits per heavy atom. The number of hydrogen-bond donors (Lipinski definition) is 0. The molecule has 0 spiro atoms. The van der Waals surface area contributed by atoms with Gasteiger partial charge in [0.15, 0.2) is 0 Å². The van der Waals surface area contributed by atoms with Crippen LogP contribution in [0.5, 0.6) is 0 Å². The first-order chi connectivity index (χ1) is 11.1. The summed E-state index contributed by atoms with van der Waals surface area (Å²) in [5, 5.41) is -0.403. The molecule has 0 aromatic heterocycles. The molecule has 3 atom stereocenters. The summed E-state index contributed by atoms with van der Waals surface area (Å²) >= 11 is 6.05. The van der Waals surface area contributed by atoms with E-state index in [0.29, 0.717) is 12.0 Å². The number of hydrogen-bond acceptors (Lipinski definition) is 2. The number of rotatable bonds is 4. The van der Waals surface area contributed by atoms with Gasteiger partial charge in [-0.05, 0) is 50.6 Å². The Kier molecular flexibility index (Phi) is 5.60. The van der Waals surface area contributed by atoms with Gasteiger partial charge in [0.25, 0.3) is 0 Å². The van der Waals surface area contributed by atoms with Crippen LogP contribution in [-0.4, -0.2) is 46.8 Å². The first kappa shape index (κ1) is 16.8. The minimum Gasteiger partial charge on any atom is -0.338 e. The number of alkyl halides is 1. The van der Waals surface area contributed by atoms with Gasteiger partial charge in [-0.3, -0.25) is 9.69 Å². The van der Waals surface area contributed by atoms with Crippen molar-refractivity contribution in [1.29, 1.82) is 0 Å². The van der Waals surface area contributed by atoms with Crippen molar-refractivity contribution in [3.05, 3.63) is 35.9 Å². The highest BCUT2D eigenvalue weighted by Gasteiger charge is 2.37. The second-order valence-electron chi connectivity index (χ2n) is 6.98. The predicted octanol–water partition coefficient (Wildman–Crippen LogP) is 3.52. The SMILES string of the molecule is CC(Cl)C(=O)N1CCCC1C1CCCN(Cc2ccccc2)C1. The van der Waals surface area contributed by atoms with Crippen molar-refractivity contribution in [3.63, 3.8) is 0 Å². The third-order valence-electron chi connectivity index (χ3n) is 5.26. The highest BCUT2D eigenvalue weighted by molar-refractivity contribution is 6.30. The lowest BCUT2D eigenvalue weighted by molar-refractivity contribution is -0.132. The van der Waals surface area contributed by atoms with Crippen LogP contribution in [0.4, 0.5) is 0 Å². The van der Waals surface area contributed by atoms with Gasteiger partial charge in [0.2, 0.25) is 5.91 Å². The van der Waals surface area contributed by atoms with Gasteiger partial charge in [0.05, 0.1) is 0 Å². The van der Waals surface area contributed by atoms with Crippen LogP contribution in [0, 0.1) is 5.92 Å². The molecule has 1 aromatic rings. The molecule has 126 valence electrons. The molecule has 3 nitrogen and oxygen atoms in total. The van der Waals surface area contributed by atoms with Gasteiger partial charge < -0.3 is 4.90 Å². The lowest BCUT2D eigenvalue weighted by Gasteiger charge is -2.39. The summed E-state index contributed by atoms with van der Waals surface area (Å²) in [6, 6.07) is 11.1. The number of carbonyl (C=O) groups is 1. The lowest BCUT2D eigenvalue weighted by atomic mass is 9.88. The van der Waals surface area contributed by atoms with Crippen LogP contribution < -0.4 is 0 Å². The number of likely N-dealkylation sites (tertiary alicyclic amines) is 2. The Morgan fingerprint density at radius 1 is 1.22 bits per heavy atom. The monoisotopic (exact) mass is 334 g/mol. The van der Waals surface area contributed by atoms with Crippen LogP contribution in [0.2, 0.25) is 0 Å². The second-order valence-corrected chi connectivity index (χ2v) is 7.63. The molecule has 0 radical (unpaired) electrons. The molecule has 0 N–H and O–H groups in total. The average Bonchev–Trinajstić information content (AvgIpc) is 3.05. The molecular formula is C19H27ClN2O. The smallest absolute Gasteiger partial charge is 0.240 e. The largest absolute Gasteiger partial charge is 0.338 e. The van der Waals surface area contributed by atoms with Gasteiger partial charge in [0, 0.05) is 25.7 Å². The first-order valence-electron chi connectivity index (χ1n) is 8.86. The number of amides is 1. The Labute approximate surface area is 144 Å². The minimum absolute atomic E-state index is 0.120. The van der Waals surface area contributed by atoms with E-state index in [0.717, 1.165) is 39.0 Å². The number of halogens is 1. The molecule has 4 heteroatoms. The zero-order valence-electron chi connectivity index (χ0n) is 14.0. The van der Waals surface area contributed by atoms with Crippen LogP contribution in [0.25, 0.3) is 0 Å². The maximum atomic E-state index is 12.4. The predicted molar refractivity (Wildman–Crippen MR) is 94.5 cm³/mol. The number of carbonyl (C=O) groups excluding carboxylic acids is 1. The zero-order chi connectivity index (χ0) is 16.2. The molecule has 0 aliphatic carbocycles. The zero-order valence-corrected chi connectivity index (χ0v) is 14.7. The van der Waals surface area contributed by atoms with Gasteiger partial charge in [-0.15, -0.1) is 11.6 Å². The van der Waals surface area contributed by atoms with E-state index in [-0.39, 0.29) is 5.91 Å². The first-order valence-corrected chi connectivity index (χ1v) is 9.29. The maximum Gasteiger partial charge on any atom is 0.240 e. The van der Waals surface area contributed by atoms with Crippen molar-refractivity contribution in [3.8, 4) is 0 Å². The molecule has 1 aromatic carbocycles. The van der Waals surface area contributed by atoms with E-state index in [2.05, 4.69) is 40.1 Å². The van der Waals surface area contributed by atoms with Gasteiger partial charge in [-0.25, -0.2) is 0 Å². The van der Waals surface area contributed by atoms with Crippen LogP contribution in [0.3, 0.4) is 0 Å². The third-order valence-corrected chi connectivity index (χ3v) is 5.44. The molecule has 2 fully saturated rings. The summed E-state index contributed by atoms with van der Waals surface area (Å²) in [5.41, 5.74) is 1.38. The van der Waals surface area contributed by atoms with E-state index in [9.17, 15) is 4.79 Å². The summed E-state index contributed by atoms with van der Waals surface area (Å²) in [6.45, 7) is 5.96. The summed E-state index contributed by atoms with van der Waals surface area (Å²) in [6.07, 6.45) is 4.72. The minimum atomic E-state index is -0.403. The summed E-state index contributed by atoms with van der Waals surface area (Å²) in [4.78, 5) is 17.0. The summed E-state index contributed by atoms with van der Waals surface area (Å²) in [7, 11) is 0. The fourth-order valence-corrected chi connectivity index (χ4v) is 4.30. The summed E-state index contributed by atoms with van der Waals surface area (Å²) in [5.74, 6) is 0.712. The lowest BCUT2D eigenvalue weighted by Crippen LogP contribution is -2.48. The Morgan fingerprint density at radius 2 is 1.96 bits per heavy atom. The van der Waals surface area contributed by atoms with E-state index in [1.807, 2.05) is 0 Å². The van der Waals surface area contributed by atoms with Crippen molar-refractivity contribution in [1.82, 2.24) is 9.80 Å². The van der Waals surface area contributed by atoms with Crippen molar-refractivity contribution < 1.29 is 4.79 Å². The standard InChI is InChI=1S/C19H27ClN2O/c1-15(20)19(23)22-12-6-10-18(22)17-9-5-11-21(14-17)13-16-7-3-2-4-8-16/h2-4,7-8,15,17-18H,5-6,9-14H2,1H3. The van der Waals surface area contributed by atoms with E-state index in [1.165, 1.54) is 18.4 Å². The summed E-state index contributed by atoms with van der Waals surface area (Å²) < 4.78 is 0. The van der Waals surface area contributed by atoms with Crippen molar-refractivity contribution >= 4 is 17.5 Å². The highest BCUT2D eigenvalue weighted by atomic mass is 35.5. The molecule has 1 amide bonds. The molecular weight excluding hydrogens is 308 g/mol. The van der Waals surface area contributed by atoms with Gasteiger partial charge in [-0.2, -0.15) is 0 Å². The van der Waals surface area contributed by atoms with Crippen LogP contribution in [-0.2, 0) is 11.3 Å². The normalized spacial score (nSPS) is 27.1. The Bertz CT molecular complexity index is 519. The van der Waals surface area contributed by atoms with Crippen molar-refractivity contribution in [2.45, 2.75) is 50.6 Å². The van der Waals surface area contributed by atoms with E-state index >= 15 is 0 Å². The molecule has 2 saturated heterocycles. The van der Waals surface area contributed by atoms with Gasteiger partial charge in [0.1, 0.15) is 5.38 Å². The quantitative estimate of drug-likeness (QED) is 0.787. The fraction of sp³-hybridized carbons (Fsp3) is 0.632. The molecule has 2 heterocycles. The Hall–Kier alpha value is -1.06. The molecule has 0 saturated carbocycles. The molecule has 3 rings (SSSR count). The van der Waals surface area contributed by atoms with Crippen LogP contribution >= 0.6 is 11.6 Å². The van der Waals surface area contributed by atoms with Crippen LogP contribution in [0.1, 0.15) is 38.2 Å². The average molecular weight is 335 g/mol. The topological polar surface area (TPSA) is 23.6 Å². The molecule has 3 unspecified atom stereocenters. The molecule has 23 heavy (non-hydrogen) atoms. The highest BCUT2D eigenvalue weighted by Crippen LogP contribution is 2.31. The molecule has 0 bridgehead atoms.